The number of nitrogens with zero attached hydrogens (tertiary/aromatic N) is 1. The first-order valence-corrected chi connectivity index (χ1v) is 13.3. The molecule has 6 nitrogen and oxygen atoms in total. The van der Waals surface area contributed by atoms with Crippen LogP contribution in [0.25, 0.3) is 0 Å². The summed E-state index contributed by atoms with van der Waals surface area (Å²) in [4.78, 5) is 15.6. The van der Waals surface area contributed by atoms with Gasteiger partial charge in [-0.1, -0.05) is 48.5 Å². The van der Waals surface area contributed by atoms with Gasteiger partial charge < -0.3 is 20.3 Å². The number of ether oxygens (including phenoxy) is 1. The molecule has 4 atom stereocenters. The molecular formula is C31H32N2O4. The first-order chi connectivity index (χ1) is 17.9. The predicted octanol–water partition coefficient (Wildman–Crippen LogP) is 4.29. The molecule has 0 saturated carbocycles. The van der Waals surface area contributed by atoms with Crippen molar-refractivity contribution >= 4 is 5.91 Å². The Bertz CT molecular complexity index is 1380. The van der Waals surface area contributed by atoms with E-state index in [9.17, 15) is 15.0 Å². The Morgan fingerprint density at radius 1 is 1.00 bits per heavy atom. The third kappa shape index (κ3) is 3.28. The van der Waals surface area contributed by atoms with Gasteiger partial charge in [0, 0.05) is 24.5 Å². The van der Waals surface area contributed by atoms with Crippen LogP contribution in [0.15, 0.2) is 72.8 Å². The summed E-state index contributed by atoms with van der Waals surface area (Å²) in [6.07, 6.45) is 4.50. The quantitative estimate of drug-likeness (QED) is 0.491. The number of hydrogen-bond donors (Lipinski definition) is 3. The van der Waals surface area contributed by atoms with Gasteiger partial charge in [-0.2, -0.15) is 0 Å². The zero-order valence-electron chi connectivity index (χ0n) is 20.8. The number of phenolic OH excluding ortho intramolecular Hbond substituents is 2. The number of hydrogen-bond acceptors (Lipinski definition) is 5. The number of fused-ring (bicyclic) bond motifs is 2. The van der Waals surface area contributed by atoms with Crippen LogP contribution in [0.5, 0.6) is 11.5 Å². The largest absolute Gasteiger partial charge is 0.508 e. The van der Waals surface area contributed by atoms with Crippen molar-refractivity contribution in [1.29, 1.82) is 0 Å². The third-order valence-corrected chi connectivity index (χ3v) is 9.56. The molecule has 0 radical (unpaired) electrons. The number of para-hydroxylation sites is 1. The SMILES string of the molecule is O=C(NC[C@]12CC[C@@]3(O1)[C@H]1Cc4ccc(O)cc4[C@@]3(CCN1Cc1ccccc1)C2)c1ccccc1O. The number of phenols is 2. The molecule has 1 aliphatic carbocycles. The van der Waals surface area contributed by atoms with Crippen LogP contribution in [-0.4, -0.2) is 51.4 Å². The number of aromatic hydroxyl groups is 2. The van der Waals surface area contributed by atoms with Crippen molar-refractivity contribution in [3.05, 3.63) is 95.1 Å². The van der Waals surface area contributed by atoms with E-state index in [-0.39, 0.29) is 34.3 Å². The van der Waals surface area contributed by atoms with Crippen LogP contribution >= 0.6 is 0 Å². The highest BCUT2D eigenvalue weighted by atomic mass is 16.5. The van der Waals surface area contributed by atoms with Crippen LogP contribution in [0, 0.1) is 0 Å². The van der Waals surface area contributed by atoms with Crippen LogP contribution in [0.1, 0.15) is 52.7 Å². The van der Waals surface area contributed by atoms with E-state index < -0.39 is 5.60 Å². The minimum atomic E-state index is -0.464. The molecule has 37 heavy (non-hydrogen) atoms. The van der Waals surface area contributed by atoms with E-state index in [0.29, 0.717) is 12.3 Å². The Labute approximate surface area is 216 Å². The molecule has 1 amide bonds. The number of nitrogens with one attached hydrogen (secondary N) is 1. The Morgan fingerprint density at radius 2 is 1.81 bits per heavy atom. The van der Waals surface area contributed by atoms with Crippen molar-refractivity contribution in [2.24, 2.45) is 0 Å². The predicted molar refractivity (Wildman–Crippen MR) is 140 cm³/mol. The first kappa shape index (κ1) is 22.8. The molecule has 3 aromatic carbocycles. The minimum Gasteiger partial charge on any atom is -0.508 e. The molecule has 0 unspecified atom stereocenters. The Hall–Kier alpha value is -3.35. The van der Waals surface area contributed by atoms with Gasteiger partial charge in [-0.05, 0) is 79.6 Å². The van der Waals surface area contributed by atoms with Gasteiger partial charge in [-0.3, -0.25) is 9.69 Å². The maximum absolute atomic E-state index is 13.0. The van der Waals surface area contributed by atoms with E-state index in [4.69, 9.17) is 4.74 Å². The topological polar surface area (TPSA) is 82.0 Å². The van der Waals surface area contributed by atoms with E-state index in [1.807, 2.05) is 6.07 Å². The fraction of sp³-hybridized carbons (Fsp3) is 0.387. The summed E-state index contributed by atoms with van der Waals surface area (Å²) < 4.78 is 7.19. The Balaban J connectivity index is 1.24. The van der Waals surface area contributed by atoms with Crippen molar-refractivity contribution in [3.8, 4) is 11.5 Å². The average molecular weight is 497 g/mol. The van der Waals surface area contributed by atoms with E-state index in [2.05, 4.69) is 46.6 Å². The van der Waals surface area contributed by atoms with Gasteiger partial charge in [0.15, 0.2) is 0 Å². The standard InChI is InChI=1S/C31H32N2O4/c34-23-11-10-22-16-27-31-13-12-29(37-31,20-32-28(36)24-8-4-5-9-26(24)35)19-30(31,25(22)17-23)14-15-33(27)18-21-6-2-1-3-7-21/h1-11,17,27,34-35H,12-16,18-20H2,(H,32,36)/t27-,29-,30-,31-/m1/s1. The first-order valence-electron chi connectivity index (χ1n) is 13.3. The van der Waals surface area contributed by atoms with Crippen molar-refractivity contribution in [2.45, 2.75) is 61.3 Å². The smallest absolute Gasteiger partial charge is 0.255 e. The number of likely N-dealkylation sites (tertiary alicyclic amines) is 1. The zero-order valence-corrected chi connectivity index (χ0v) is 20.8. The van der Waals surface area contributed by atoms with Crippen LogP contribution < -0.4 is 5.32 Å². The summed E-state index contributed by atoms with van der Waals surface area (Å²) in [7, 11) is 0. The summed E-state index contributed by atoms with van der Waals surface area (Å²) in [6.45, 7) is 2.26. The molecule has 3 aromatic rings. The fourth-order valence-electron chi connectivity index (χ4n) is 8.05. The molecule has 0 aromatic heterocycles. The van der Waals surface area contributed by atoms with Crippen LogP contribution in [0.3, 0.4) is 0 Å². The molecule has 1 spiro atoms. The second-order valence-corrected chi connectivity index (χ2v) is 11.4. The molecule has 190 valence electrons. The van der Waals surface area contributed by atoms with Gasteiger partial charge in [0.2, 0.25) is 0 Å². The maximum Gasteiger partial charge on any atom is 0.255 e. The van der Waals surface area contributed by atoms with Gasteiger partial charge in [0.05, 0.1) is 16.8 Å². The van der Waals surface area contributed by atoms with Gasteiger partial charge in [0.25, 0.3) is 5.91 Å². The number of carbonyl (C=O) groups is 1. The lowest BCUT2D eigenvalue weighted by Crippen LogP contribution is -2.69. The van der Waals surface area contributed by atoms with Crippen molar-refractivity contribution in [2.75, 3.05) is 13.1 Å². The normalized spacial score (nSPS) is 31.5. The summed E-state index contributed by atoms with van der Waals surface area (Å²) in [5, 5.41) is 23.7. The van der Waals surface area contributed by atoms with Crippen LogP contribution in [0.2, 0.25) is 0 Å². The fourth-order valence-corrected chi connectivity index (χ4v) is 8.05. The molecule has 3 aliphatic heterocycles. The van der Waals surface area contributed by atoms with Crippen LogP contribution in [-0.2, 0) is 23.1 Å². The van der Waals surface area contributed by atoms with Gasteiger partial charge in [0.1, 0.15) is 11.5 Å². The molecule has 3 fully saturated rings. The maximum atomic E-state index is 13.0. The van der Waals surface area contributed by atoms with Crippen molar-refractivity contribution < 1.29 is 19.7 Å². The highest BCUT2D eigenvalue weighted by Gasteiger charge is 2.75. The molecule has 4 bridgehead atoms. The summed E-state index contributed by atoms with van der Waals surface area (Å²) >= 11 is 0. The molecule has 3 N–H and O–H groups in total. The molecule has 4 aliphatic rings. The second-order valence-electron chi connectivity index (χ2n) is 11.4. The number of rotatable bonds is 5. The van der Waals surface area contributed by atoms with Crippen molar-refractivity contribution in [1.82, 2.24) is 10.2 Å². The van der Waals surface area contributed by atoms with Gasteiger partial charge in [-0.15, -0.1) is 0 Å². The van der Waals surface area contributed by atoms with Gasteiger partial charge in [-0.25, -0.2) is 0 Å². The summed E-state index contributed by atoms with van der Waals surface area (Å²) in [6, 6.07) is 23.4. The number of piperidine rings is 1. The number of amides is 1. The third-order valence-electron chi connectivity index (χ3n) is 9.56. The van der Waals surface area contributed by atoms with Crippen LogP contribution in [0.4, 0.5) is 0 Å². The minimum absolute atomic E-state index is 0.0168. The highest BCUT2D eigenvalue weighted by Crippen LogP contribution is 2.69. The van der Waals surface area contributed by atoms with E-state index >= 15 is 0 Å². The van der Waals surface area contributed by atoms with E-state index in [0.717, 1.165) is 45.2 Å². The zero-order chi connectivity index (χ0) is 25.3. The molecule has 6 heteroatoms. The van der Waals surface area contributed by atoms with Gasteiger partial charge >= 0.3 is 0 Å². The lowest BCUT2D eigenvalue weighted by Gasteiger charge is -2.60. The second kappa shape index (κ2) is 8.07. The number of benzene rings is 3. The lowest BCUT2D eigenvalue weighted by atomic mass is 9.50. The Kier molecular flexibility index (Phi) is 4.98. The number of carbonyl (C=O) groups excluding carboxylic acids is 1. The summed E-state index contributed by atoms with van der Waals surface area (Å²) in [5.74, 6) is 0.00560. The Morgan fingerprint density at radius 3 is 2.65 bits per heavy atom. The average Bonchev–Trinajstić information content (AvgIpc) is 3.43. The summed E-state index contributed by atoms with van der Waals surface area (Å²) in [5.41, 5.74) is 3.12. The van der Waals surface area contributed by atoms with E-state index in [1.54, 1.807) is 24.3 Å². The molecule has 3 saturated heterocycles. The highest BCUT2D eigenvalue weighted by molar-refractivity contribution is 5.96. The molecule has 7 rings (SSSR count). The van der Waals surface area contributed by atoms with Crippen molar-refractivity contribution in [3.63, 3.8) is 0 Å². The molecule has 3 heterocycles. The van der Waals surface area contributed by atoms with E-state index in [1.165, 1.54) is 22.8 Å². The molecular weight excluding hydrogens is 464 g/mol. The monoisotopic (exact) mass is 496 g/mol. The lowest BCUT2D eigenvalue weighted by molar-refractivity contribution is -0.140.